The summed E-state index contributed by atoms with van der Waals surface area (Å²) < 4.78 is 6.83. The molecule has 0 aromatic carbocycles. The minimum atomic E-state index is -0.339. The number of carbonyl (C=O) groups excluding carboxylic acids is 1. The van der Waals surface area contributed by atoms with Gasteiger partial charge in [-0.1, -0.05) is 0 Å². The molecule has 0 amide bonds. The molecule has 1 fully saturated rings. The Hall–Kier alpha value is -1.58. The average molecular weight is 263 g/mol. The van der Waals surface area contributed by atoms with Crippen LogP contribution in [0, 0.1) is 19.8 Å². The minimum Gasteiger partial charge on any atom is -0.462 e. The Bertz CT molecular complexity index is 555. The van der Waals surface area contributed by atoms with E-state index in [1.165, 1.54) is 6.07 Å². The molecule has 19 heavy (non-hydrogen) atoms. The molecular weight excluding hydrogens is 242 g/mol. The van der Waals surface area contributed by atoms with Gasteiger partial charge in [-0.3, -0.25) is 4.79 Å². The van der Waals surface area contributed by atoms with Gasteiger partial charge in [0.1, 0.15) is 0 Å². The van der Waals surface area contributed by atoms with Crippen molar-refractivity contribution in [3.63, 3.8) is 0 Å². The summed E-state index contributed by atoms with van der Waals surface area (Å²) in [4.78, 5) is 24.2. The average Bonchev–Trinajstić information content (AvgIpc) is 3.11. The molecule has 2 rings (SSSR count). The summed E-state index contributed by atoms with van der Waals surface area (Å²) in [5, 5.41) is 0. The highest BCUT2D eigenvalue weighted by atomic mass is 16.5. The Morgan fingerprint density at radius 2 is 2.11 bits per heavy atom. The summed E-state index contributed by atoms with van der Waals surface area (Å²) in [5.41, 5.74) is 1.93. The first-order valence-electron chi connectivity index (χ1n) is 6.87. The molecule has 0 spiro atoms. The number of hydrogen-bond acceptors (Lipinski definition) is 3. The standard InChI is InChI=1S/C15H21NO3/c1-5-19-15(18)14-9(2)8-13(17)16(11(14)4)10(3)12-6-7-12/h8,10,12H,5-7H2,1-4H3. The van der Waals surface area contributed by atoms with Crippen molar-refractivity contribution in [1.82, 2.24) is 4.57 Å². The van der Waals surface area contributed by atoms with Crippen LogP contribution in [0.25, 0.3) is 0 Å². The molecule has 1 aliphatic carbocycles. The normalized spacial score (nSPS) is 16.2. The zero-order chi connectivity index (χ0) is 14.2. The third kappa shape index (κ3) is 2.57. The van der Waals surface area contributed by atoms with Crippen LogP contribution in [-0.4, -0.2) is 17.1 Å². The Morgan fingerprint density at radius 3 is 2.63 bits per heavy atom. The molecule has 0 bridgehead atoms. The van der Waals surface area contributed by atoms with Crippen molar-refractivity contribution in [2.24, 2.45) is 5.92 Å². The molecular formula is C15H21NO3. The zero-order valence-electron chi connectivity index (χ0n) is 12.0. The molecule has 4 heteroatoms. The monoisotopic (exact) mass is 263 g/mol. The van der Waals surface area contributed by atoms with Crippen LogP contribution in [-0.2, 0) is 4.74 Å². The third-order valence-electron chi connectivity index (χ3n) is 3.89. The fraction of sp³-hybridized carbons (Fsp3) is 0.600. The number of esters is 1. The van der Waals surface area contributed by atoms with E-state index < -0.39 is 0 Å². The van der Waals surface area contributed by atoms with Gasteiger partial charge in [-0.05, 0) is 52.0 Å². The summed E-state index contributed by atoms with van der Waals surface area (Å²) >= 11 is 0. The summed E-state index contributed by atoms with van der Waals surface area (Å²) in [6.07, 6.45) is 2.32. The van der Waals surface area contributed by atoms with Crippen LogP contribution in [0.5, 0.6) is 0 Å². The van der Waals surface area contributed by atoms with Crippen molar-refractivity contribution in [3.05, 3.63) is 33.2 Å². The Morgan fingerprint density at radius 1 is 1.47 bits per heavy atom. The van der Waals surface area contributed by atoms with Gasteiger partial charge in [0.05, 0.1) is 12.2 Å². The van der Waals surface area contributed by atoms with Gasteiger partial charge in [0, 0.05) is 17.8 Å². The topological polar surface area (TPSA) is 48.3 Å². The van der Waals surface area contributed by atoms with Crippen molar-refractivity contribution >= 4 is 5.97 Å². The summed E-state index contributed by atoms with van der Waals surface area (Å²) in [6, 6.07) is 1.69. The maximum absolute atomic E-state index is 12.2. The van der Waals surface area contributed by atoms with Gasteiger partial charge in [-0.25, -0.2) is 4.79 Å². The highest BCUT2D eigenvalue weighted by molar-refractivity contribution is 5.92. The maximum Gasteiger partial charge on any atom is 0.340 e. The number of aryl methyl sites for hydroxylation is 1. The highest BCUT2D eigenvalue weighted by Gasteiger charge is 2.31. The quantitative estimate of drug-likeness (QED) is 0.784. The van der Waals surface area contributed by atoms with E-state index >= 15 is 0 Å². The van der Waals surface area contributed by atoms with Crippen LogP contribution >= 0.6 is 0 Å². The Labute approximate surface area is 113 Å². The fourth-order valence-corrected chi connectivity index (χ4v) is 2.71. The molecule has 1 aromatic heterocycles. The number of ether oxygens (including phenoxy) is 1. The van der Waals surface area contributed by atoms with Crippen LogP contribution < -0.4 is 5.56 Å². The maximum atomic E-state index is 12.2. The van der Waals surface area contributed by atoms with Gasteiger partial charge in [-0.15, -0.1) is 0 Å². The molecule has 0 radical (unpaired) electrons. The van der Waals surface area contributed by atoms with E-state index in [-0.39, 0.29) is 17.6 Å². The second kappa shape index (κ2) is 5.19. The van der Waals surface area contributed by atoms with Crippen molar-refractivity contribution in [2.75, 3.05) is 6.61 Å². The summed E-state index contributed by atoms with van der Waals surface area (Å²) in [7, 11) is 0. The molecule has 0 N–H and O–H groups in total. The predicted octanol–water partition coefficient (Wildman–Crippen LogP) is 2.61. The van der Waals surface area contributed by atoms with Crippen molar-refractivity contribution in [3.8, 4) is 0 Å². The Kier molecular flexibility index (Phi) is 3.78. The number of rotatable bonds is 4. The first-order chi connectivity index (χ1) is 8.97. The second-order valence-electron chi connectivity index (χ2n) is 5.29. The molecule has 1 aromatic rings. The van der Waals surface area contributed by atoms with Gasteiger partial charge >= 0.3 is 5.97 Å². The lowest BCUT2D eigenvalue weighted by Crippen LogP contribution is -2.29. The molecule has 1 heterocycles. The lowest BCUT2D eigenvalue weighted by Gasteiger charge is -2.20. The minimum absolute atomic E-state index is 0.0255. The van der Waals surface area contributed by atoms with Gasteiger partial charge in [0.25, 0.3) is 5.56 Å². The molecule has 1 unspecified atom stereocenters. The molecule has 0 saturated heterocycles. The van der Waals surface area contributed by atoms with E-state index in [1.807, 2.05) is 6.92 Å². The number of hydrogen-bond donors (Lipinski definition) is 0. The van der Waals surface area contributed by atoms with Crippen LogP contribution in [0.2, 0.25) is 0 Å². The highest BCUT2D eigenvalue weighted by Crippen LogP contribution is 2.39. The molecule has 0 aliphatic heterocycles. The van der Waals surface area contributed by atoms with Crippen molar-refractivity contribution in [1.29, 1.82) is 0 Å². The van der Waals surface area contributed by atoms with E-state index in [0.717, 1.165) is 18.5 Å². The van der Waals surface area contributed by atoms with Gasteiger partial charge < -0.3 is 9.30 Å². The number of pyridine rings is 1. The van der Waals surface area contributed by atoms with E-state index in [9.17, 15) is 9.59 Å². The van der Waals surface area contributed by atoms with E-state index in [0.29, 0.717) is 23.7 Å². The van der Waals surface area contributed by atoms with Gasteiger partial charge in [0.2, 0.25) is 0 Å². The van der Waals surface area contributed by atoms with E-state index in [1.54, 1.807) is 18.4 Å². The van der Waals surface area contributed by atoms with E-state index in [2.05, 4.69) is 6.92 Å². The van der Waals surface area contributed by atoms with Crippen LogP contribution in [0.4, 0.5) is 0 Å². The largest absolute Gasteiger partial charge is 0.462 e. The lowest BCUT2D eigenvalue weighted by molar-refractivity contribution is 0.0523. The van der Waals surface area contributed by atoms with Gasteiger partial charge in [-0.2, -0.15) is 0 Å². The fourth-order valence-electron chi connectivity index (χ4n) is 2.71. The first kappa shape index (κ1) is 13.8. The third-order valence-corrected chi connectivity index (χ3v) is 3.89. The summed E-state index contributed by atoms with van der Waals surface area (Å²) in [6.45, 7) is 7.79. The second-order valence-corrected chi connectivity index (χ2v) is 5.29. The smallest absolute Gasteiger partial charge is 0.340 e. The van der Waals surface area contributed by atoms with Gasteiger partial charge in [0.15, 0.2) is 0 Å². The molecule has 1 atom stereocenters. The zero-order valence-corrected chi connectivity index (χ0v) is 12.0. The van der Waals surface area contributed by atoms with Crippen LogP contribution in [0.3, 0.4) is 0 Å². The number of aromatic nitrogens is 1. The van der Waals surface area contributed by atoms with Crippen LogP contribution in [0.15, 0.2) is 10.9 Å². The molecule has 104 valence electrons. The molecule has 1 aliphatic rings. The first-order valence-corrected chi connectivity index (χ1v) is 6.87. The van der Waals surface area contributed by atoms with Crippen LogP contribution in [0.1, 0.15) is 54.3 Å². The SMILES string of the molecule is CCOC(=O)c1c(C)cc(=O)n(C(C)C2CC2)c1C. The molecule has 1 saturated carbocycles. The van der Waals surface area contributed by atoms with Crippen molar-refractivity contribution < 1.29 is 9.53 Å². The summed E-state index contributed by atoms with van der Waals surface area (Å²) in [5.74, 6) is 0.225. The lowest BCUT2D eigenvalue weighted by atomic mass is 10.1. The number of carbonyl (C=O) groups is 1. The Balaban J connectivity index is 2.52. The van der Waals surface area contributed by atoms with Crippen molar-refractivity contribution in [2.45, 2.75) is 46.6 Å². The number of nitrogens with zero attached hydrogens (tertiary/aromatic N) is 1. The molecule has 4 nitrogen and oxygen atoms in total. The predicted molar refractivity (Wildman–Crippen MR) is 73.6 cm³/mol. The van der Waals surface area contributed by atoms with E-state index in [4.69, 9.17) is 4.74 Å².